The highest BCUT2D eigenvalue weighted by atomic mass is 16.4. The van der Waals surface area contributed by atoms with Crippen molar-refractivity contribution in [2.45, 2.75) is 27.2 Å². The van der Waals surface area contributed by atoms with Gasteiger partial charge in [0.05, 0.1) is 0 Å². The van der Waals surface area contributed by atoms with Crippen LogP contribution in [0.1, 0.15) is 34.5 Å². The molecular formula is C12H14N4O2. The molecule has 2 aromatic rings. The Morgan fingerprint density at radius 3 is 2.67 bits per heavy atom. The first-order valence-corrected chi connectivity index (χ1v) is 5.64. The third-order valence-corrected chi connectivity index (χ3v) is 2.71. The Morgan fingerprint density at radius 2 is 2.11 bits per heavy atom. The molecule has 0 saturated heterocycles. The minimum atomic E-state index is -1.05. The van der Waals surface area contributed by atoms with Crippen molar-refractivity contribution in [2.24, 2.45) is 0 Å². The maximum Gasteiger partial charge on any atom is 0.356 e. The number of hydrogen-bond acceptors (Lipinski definition) is 4. The van der Waals surface area contributed by atoms with E-state index in [9.17, 15) is 4.79 Å². The Bertz CT molecular complexity index is 604. The third kappa shape index (κ3) is 2.09. The van der Waals surface area contributed by atoms with Gasteiger partial charge in [0.1, 0.15) is 18.0 Å². The van der Waals surface area contributed by atoms with Crippen LogP contribution in [0.15, 0.2) is 12.5 Å². The van der Waals surface area contributed by atoms with Crippen molar-refractivity contribution in [1.82, 2.24) is 19.5 Å². The molecule has 0 unspecified atom stereocenters. The van der Waals surface area contributed by atoms with Gasteiger partial charge in [-0.15, -0.1) is 0 Å². The van der Waals surface area contributed by atoms with Crippen molar-refractivity contribution in [3.05, 3.63) is 35.3 Å². The number of aromatic nitrogens is 4. The maximum atomic E-state index is 10.8. The van der Waals surface area contributed by atoms with Crippen LogP contribution < -0.4 is 0 Å². The summed E-state index contributed by atoms with van der Waals surface area (Å²) in [4.78, 5) is 23.3. The maximum absolute atomic E-state index is 10.8. The summed E-state index contributed by atoms with van der Waals surface area (Å²) in [6, 6.07) is 0. The van der Waals surface area contributed by atoms with Gasteiger partial charge in [-0.05, 0) is 20.3 Å². The predicted molar refractivity (Wildman–Crippen MR) is 65.0 cm³/mol. The molecule has 2 heterocycles. The van der Waals surface area contributed by atoms with Crippen LogP contribution in [0, 0.1) is 13.8 Å². The molecule has 0 saturated carbocycles. The van der Waals surface area contributed by atoms with Gasteiger partial charge < -0.3 is 5.11 Å². The molecule has 1 N–H and O–H groups in total. The largest absolute Gasteiger partial charge is 0.476 e. The SMILES string of the molecule is CCc1nc(C)nc(-n2cnc(C(=O)O)c2)c1C. The van der Waals surface area contributed by atoms with Gasteiger partial charge in [0, 0.05) is 17.5 Å². The molecule has 0 radical (unpaired) electrons. The highest BCUT2D eigenvalue weighted by Gasteiger charge is 2.12. The second-order valence-electron chi connectivity index (χ2n) is 3.99. The number of carbonyl (C=O) groups is 1. The van der Waals surface area contributed by atoms with E-state index >= 15 is 0 Å². The zero-order chi connectivity index (χ0) is 13.3. The van der Waals surface area contributed by atoms with Crippen molar-refractivity contribution >= 4 is 5.97 Å². The van der Waals surface area contributed by atoms with Crippen molar-refractivity contribution < 1.29 is 9.90 Å². The number of carboxylic acids is 1. The molecule has 0 bridgehead atoms. The molecule has 0 spiro atoms. The normalized spacial score (nSPS) is 10.6. The fourth-order valence-corrected chi connectivity index (χ4v) is 1.82. The molecule has 94 valence electrons. The van der Waals surface area contributed by atoms with Gasteiger partial charge >= 0.3 is 5.97 Å². The van der Waals surface area contributed by atoms with Gasteiger partial charge in [-0.25, -0.2) is 19.7 Å². The molecule has 6 heteroatoms. The van der Waals surface area contributed by atoms with Crippen LogP contribution in [-0.4, -0.2) is 30.6 Å². The number of hydrogen-bond donors (Lipinski definition) is 1. The minimum Gasteiger partial charge on any atom is -0.476 e. The lowest BCUT2D eigenvalue weighted by molar-refractivity contribution is 0.0691. The molecule has 0 aromatic carbocycles. The van der Waals surface area contributed by atoms with Crippen LogP contribution in [0.3, 0.4) is 0 Å². The quantitative estimate of drug-likeness (QED) is 0.888. The van der Waals surface area contributed by atoms with Crippen LogP contribution in [0.2, 0.25) is 0 Å². The van der Waals surface area contributed by atoms with Crippen LogP contribution >= 0.6 is 0 Å². The number of nitrogens with zero attached hydrogens (tertiary/aromatic N) is 4. The standard InChI is InChI=1S/C12H14N4O2/c1-4-9-7(2)11(15-8(3)14-9)16-5-10(12(17)18)13-6-16/h5-6H,4H2,1-3H3,(H,17,18). The zero-order valence-electron chi connectivity index (χ0n) is 10.5. The van der Waals surface area contributed by atoms with Crippen LogP contribution in [-0.2, 0) is 6.42 Å². The van der Waals surface area contributed by atoms with Gasteiger partial charge in [0.25, 0.3) is 0 Å². The second-order valence-corrected chi connectivity index (χ2v) is 3.99. The molecule has 2 rings (SSSR count). The number of carboxylic acid groups (broad SMARTS) is 1. The lowest BCUT2D eigenvalue weighted by atomic mass is 10.2. The van der Waals surface area contributed by atoms with E-state index in [1.165, 1.54) is 12.5 Å². The first kappa shape index (κ1) is 12.2. The molecule has 0 aliphatic carbocycles. The van der Waals surface area contributed by atoms with E-state index in [-0.39, 0.29) is 5.69 Å². The molecule has 0 amide bonds. The molecular weight excluding hydrogens is 232 g/mol. The third-order valence-electron chi connectivity index (χ3n) is 2.71. The summed E-state index contributed by atoms with van der Waals surface area (Å²) >= 11 is 0. The van der Waals surface area contributed by atoms with Gasteiger partial charge in [-0.2, -0.15) is 0 Å². The first-order valence-electron chi connectivity index (χ1n) is 5.64. The summed E-state index contributed by atoms with van der Waals surface area (Å²) in [7, 11) is 0. The minimum absolute atomic E-state index is 0.00344. The Hall–Kier alpha value is -2.24. The first-order chi connectivity index (χ1) is 8.52. The monoisotopic (exact) mass is 246 g/mol. The van der Waals surface area contributed by atoms with Gasteiger partial charge in [-0.1, -0.05) is 6.92 Å². The molecule has 18 heavy (non-hydrogen) atoms. The van der Waals surface area contributed by atoms with E-state index in [0.717, 1.165) is 17.7 Å². The second kappa shape index (κ2) is 4.56. The lowest BCUT2D eigenvalue weighted by Crippen LogP contribution is -2.06. The van der Waals surface area contributed by atoms with Crippen LogP contribution in [0.25, 0.3) is 5.82 Å². The van der Waals surface area contributed by atoms with E-state index in [1.54, 1.807) is 4.57 Å². The Kier molecular flexibility index (Phi) is 3.10. The summed E-state index contributed by atoms with van der Waals surface area (Å²) in [6.45, 7) is 5.76. The molecule has 6 nitrogen and oxygen atoms in total. The zero-order valence-corrected chi connectivity index (χ0v) is 10.5. The fourth-order valence-electron chi connectivity index (χ4n) is 1.82. The Morgan fingerprint density at radius 1 is 1.39 bits per heavy atom. The Balaban J connectivity index is 2.55. The summed E-state index contributed by atoms with van der Waals surface area (Å²) in [6.07, 6.45) is 3.72. The average Bonchev–Trinajstić information content (AvgIpc) is 2.81. The highest BCUT2D eigenvalue weighted by molar-refractivity contribution is 5.85. The van der Waals surface area contributed by atoms with E-state index in [4.69, 9.17) is 5.11 Å². The van der Waals surface area contributed by atoms with Crippen molar-refractivity contribution in [3.63, 3.8) is 0 Å². The smallest absolute Gasteiger partial charge is 0.356 e. The number of imidazole rings is 1. The van der Waals surface area contributed by atoms with E-state index in [1.807, 2.05) is 20.8 Å². The average molecular weight is 246 g/mol. The fraction of sp³-hybridized carbons (Fsp3) is 0.333. The molecule has 0 fully saturated rings. The van der Waals surface area contributed by atoms with Crippen molar-refractivity contribution in [3.8, 4) is 5.82 Å². The van der Waals surface area contributed by atoms with Gasteiger partial charge in [0.15, 0.2) is 5.69 Å². The van der Waals surface area contributed by atoms with Gasteiger partial charge in [-0.3, -0.25) is 4.57 Å². The molecule has 0 atom stereocenters. The van der Waals surface area contributed by atoms with E-state index < -0.39 is 5.97 Å². The predicted octanol–water partition coefficient (Wildman–Crippen LogP) is 1.54. The van der Waals surface area contributed by atoms with Crippen LogP contribution in [0.5, 0.6) is 0 Å². The molecule has 0 aliphatic heterocycles. The van der Waals surface area contributed by atoms with Crippen molar-refractivity contribution in [1.29, 1.82) is 0 Å². The topological polar surface area (TPSA) is 80.9 Å². The summed E-state index contributed by atoms with van der Waals surface area (Å²) < 4.78 is 1.62. The summed E-state index contributed by atoms with van der Waals surface area (Å²) in [5.74, 6) is 0.297. The van der Waals surface area contributed by atoms with Crippen LogP contribution in [0.4, 0.5) is 0 Å². The summed E-state index contributed by atoms with van der Waals surface area (Å²) in [5.41, 5.74) is 1.91. The molecule has 0 aliphatic rings. The number of aryl methyl sites for hydroxylation is 2. The number of aromatic carboxylic acids is 1. The van der Waals surface area contributed by atoms with Gasteiger partial charge in [0.2, 0.25) is 0 Å². The molecule has 2 aromatic heterocycles. The summed E-state index contributed by atoms with van der Waals surface area (Å²) in [5, 5.41) is 8.86. The van der Waals surface area contributed by atoms with Crippen molar-refractivity contribution in [2.75, 3.05) is 0 Å². The lowest BCUT2D eigenvalue weighted by Gasteiger charge is -2.10. The van der Waals surface area contributed by atoms with E-state index in [2.05, 4.69) is 15.0 Å². The Labute approximate surface area is 104 Å². The van der Waals surface area contributed by atoms with E-state index in [0.29, 0.717) is 11.6 Å². The number of rotatable bonds is 3. The highest BCUT2D eigenvalue weighted by Crippen LogP contribution is 2.15.